The average Bonchev–Trinajstić information content (AvgIpc) is 2.69. The number of rotatable bonds is 2. The van der Waals surface area contributed by atoms with E-state index in [4.69, 9.17) is 0 Å². The first-order valence-electron chi connectivity index (χ1n) is 8.16. The van der Waals surface area contributed by atoms with Crippen molar-refractivity contribution < 1.29 is 9.59 Å². The quantitative estimate of drug-likeness (QED) is 0.881. The maximum Gasteiger partial charge on any atom is 0.317 e. The third-order valence-corrected chi connectivity index (χ3v) is 4.23. The smallest absolute Gasteiger partial charge is 0.317 e. The molecule has 1 aromatic rings. The number of aryl methyl sites for hydroxylation is 1. The summed E-state index contributed by atoms with van der Waals surface area (Å²) in [7, 11) is 0. The average molecular weight is 317 g/mol. The van der Waals surface area contributed by atoms with Crippen LogP contribution in [0.1, 0.15) is 44.4 Å². The lowest BCUT2D eigenvalue weighted by molar-refractivity contribution is -0.120. The van der Waals surface area contributed by atoms with Crippen LogP contribution in [-0.4, -0.2) is 36.5 Å². The number of benzene rings is 1. The fourth-order valence-electron chi connectivity index (χ4n) is 2.86. The van der Waals surface area contributed by atoms with Gasteiger partial charge in [-0.1, -0.05) is 45.0 Å². The van der Waals surface area contributed by atoms with Crippen LogP contribution in [0.2, 0.25) is 0 Å². The summed E-state index contributed by atoms with van der Waals surface area (Å²) >= 11 is 0. The van der Waals surface area contributed by atoms with Crippen molar-refractivity contribution in [3.63, 3.8) is 0 Å². The van der Waals surface area contributed by atoms with Gasteiger partial charge in [0.05, 0.1) is 6.04 Å². The first kappa shape index (κ1) is 17.3. The van der Waals surface area contributed by atoms with Crippen molar-refractivity contribution in [1.82, 2.24) is 15.5 Å². The van der Waals surface area contributed by atoms with E-state index in [1.54, 1.807) is 4.90 Å². The molecule has 3 amide bonds. The van der Waals surface area contributed by atoms with Crippen LogP contribution >= 0.6 is 0 Å². The van der Waals surface area contributed by atoms with Gasteiger partial charge in [-0.2, -0.15) is 0 Å². The molecule has 1 atom stereocenters. The van der Waals surface area contributed by atoms with Gasteiger partial charge in [-0.3, -0.25) is 4.79 Å². The van der Waals surface area contributed by atoms with E-state index in [9.17, 15) is 9.59 Å². The molecule has 0 radical (unpaired) electrons. The zero-order valence-corrected chi connectivity index (χ0v) is 14.5. The number of hydrogen-bond acceptors (Lipinski definition) is 2. The van der Waals surface area contributed by atoms with Crippen LogP contribution in [0.25, 0.3) is 0 Å². The molecule has 1 saturated heterocycles. The molecule has 0 bridgehead atoms. The standard InChI is InChI=1S/C18H27N3O2/c1-13-7-5-6-8-14(13)16(18(2,3)4)20-17(23)21-11-9-15(22)19-10-12-21/h5-8,16H,9-12H2,1-4H3,(H,19,22)(H,20,23)/t16-/m0/s1. The van der Waals surface area contributed by atoms with Gasteiger partial charge >= 0.3 is 6.03 Å². The fraction of sp³-hybridized carbons (Fsp3) is 0.556. The molecular weight excluding hydrogens is 290 g/mol. The molecular formula is C18H27N3O2. The van der Waals surface area contributed by atoms with E-state index in [1.807, 2.05) is 12.1 Å². The van der Waals surface area contributed by atoms with Crippen molar-refractivity contribution in [2.24, 2.45) is 5.41 Å². The summed E-state index contributed by atoms with van der Waals surface area (Å²) in [5.41, 5.74) is 2.19. The van der Waals surface area contributed by atoms with Gasteiger partial charge in [0.15, 0.2) is 0 Å². The van der Waals surface area contributed by atoms with Crippen molar-refractivity contribution in [3.8, 4) is 0 Å². The van der Waals surface area contributed by atoms with Crippen LogP contribution in [0, 0.1) is 12.3 Å². The Labute approximate surface area is 138 Å². The van der Waals surface area contributed by atoms with E-state index in [0.717, 1.165) is 5.56 Å². The van der Waals surface area contributed by atoms with E-state index in [0.29, 0.717) is 26.1 Å². The zero-order chi connectivity index (χ0) is 17.0. The summed E-state index contributed by atoms with van der Waals surface area (Å²) in [4.78, 5) is 25.8. The summed E-state index contributed by atoms with van der Waals surface area (Å²) in [5.74, 6) is 0.00609. The van der Waals surface area contributed by atoms with Gasteiger partial charge in [0.25, 0.3) is 0 Å². The molecule has 0 unspecified atom stereocenters. The molecule has 2 rings (SSSR count). The monoisotopic (exact) mass is 317 g/mol. The Bertz CT molecular complexity index is 578. The first-order chi connectivity index (χ1) is 10.8. The third kappa shape index (κ3) is 4.47. The molecule has 2 N–H and O–H groups in total. The highest BCUT2D eigenvalue weighted by atomic mass is 16.2. The van der Waals surface area contributed by atoms with Crippen molar-refractivity contribution in [3.05, 3.63) is 35.4 Å². The highest BCUT2D eigenvalue weighted by Crippen LogP contribution is 2.34. The van der Waals surface area contributed by atoms with Crippen LogP contribution < -0.4 is 10.6 Å². The van der Waals surface area contributed by atoms with Gasteiger partial charge in [-0.25, -0.2) is 4.79 Å². The van der Waals surface area contributed by atoms with Crippen LogP contribution in [0.15, 0.2) is 24.3 Å². The van der Waals surface area contributed by atoms with Gasteiger partial charge in [0.1, 0.15) is 0 Å². The Kier molecular flexibility index (Phi) is 5.29. The summed E-state index contributed by atoms with van der Waals surface area (Å²) < 4.78 is 0. The first-order valence-corrected chi connectivity index (χ1v) is 8.16. The Hall–Kier alpha value is -2.04. The maximum absolute atomic E-state index is 12.7. The predicted octanol–water partition coefficient (Wildman–Crippen LogP) is 2.61. The van der Waals surface area contributed by atoms with Crippen molar-refractivity contribution >= 4 is 11.9 Å². The molecule has 126 valence electrons. The van der Waals surface area contributed by atoms with E-state index in [-0.39, 0.29) is 23.4 Å². The minimum absolute atomic E-state index is 0.00609. The molecule has 1 aliphatic rings. The Morgan fingerprint density at radius 3 is 2.61 bits per heavy atom. The molecule has 1 aromatic carbocycles. The second-order valence-electron chi connectivity index (χ2n) is 7.19. The lowest BCUT2D eigenvalue weighted by Crippen LogP contribution is -2.46. The molecule has 0 aliphatic carbocycles. The minimum atomic E-state index is -0.109. The molecule has 23 heavy (non-hydrogen) atoms. The third-order valence-electron chi connectivity index (χ3n) is 4.23. The molecule has 1 aliphatic heterocycles. The molecule has 1 heterocycles. The van der Waals surface area contributed by atoms with Gasteiger partial charge in [0, 0.05) is 26.1 Å². The molecule has 1 fully saturated rings. The lowest BCUT2D eigenvalue weighted by atomic mass is 9.81. The highest BCUT2D eigenvalue weighted by Gasteiger charge is 2.30. The van der Waals surface area contributed by atoms with Crippen LogP contribution in [0.5, 0.6) is 0 Å². The van der Waals surface area contributed by atoms with Crippen molar-refractivity contribution in [2.75, 3.05) is 19.6 Å². The molecule has 0 spiro atoms. The largest absolute Gasteiger partial charge is 0.354 e. The van der Waals surface area contributed by atoms with Gasteiger partial charge < -0.3 is 15.5 Å². The van der Waals surface area contributed by atoms with Crippen LogP contribution in [-0.2, 0) is 4.79 Å². The lowest BCUT2D eigenvalue weighted by Gasteiger charge is -2.34. The Morgan fingerprint density at radius 2 is 1.96 bits per heavy atom. The molecule has 5 heteroatoms. The van der Waals surface area contributed by atoms with E-state index < -0.39 is 0 Å². The molecule has 0 aromatic heterocycles. The van der Waals surface area contributed by atoms with Gasteiger partial charge in [0.2, 0.25) is 5.91 Å². The van der Waals surface area contributed by atoms with Crippen LogP contribution in [0.3, 0.4) is 0 Å². The topological polar surface area (TPSA) is 61.4 Å². The number of amides is 3. The minimum Gasteiger partial charge on any atom is -0.354 e. The number of carbonyl (C=O) groups excluding carboxylic acids is 2. The number of carbonyl (C=O) groups is 2. The maximum atomic E-state index is 12.7. The Morgan fingerprint density at radius 1 is 1.26 bits per heavy atom. The predicted molar refractivity (Wildman–Crippen MR) is 91.1 cm³/mol. The second kappa shape index (κ2) is 7.02. The summed E-state index contributed by atoms with van der Waals surface area (Å²) in [5, 5.41) is 5.97. The van der Waals surface area contributed by atoms with E-state index in [2.05, 4.69) is 50.5 Å². The number of nitrogens with one attached hydrogen (secondary N) is 2. The Balaban J connectivity index is 2.17. The van der Waals surface area contributed by atoms with Crippen molar-refractivity contribution in [1.29, 1.82) is 0 Å². The fourth-order valence-corrected chi connectivity index (χ4v) is 2.86. The normalized spacial score (nSPS) is 17.2. The SMILES string of the molecule is Cc1ccccc1[C@H](NC(=O)N1CCNC(=O)CC1)C(C)(C)C. The number of nitrogens with zero attached hydrogens (tertiary/aromatic N) is 1. The van der Waals surface area contributed by atoms with Gasteiger partial charge in [-0.05, 0) is 23.5 Å². The van der Waals surface area contributed by atoms with Crippen LogP contribution in [0.4, 0.5) is 4.79 Å². The highest BCUT2D eigenvalue weighted by molar-refractivity contribution is 5.79. The van der Waals surface area contributed by atoms with E-state index in [1.165, 1.54) is 5.56 Å². The number of urea groups is 1. The molecule has 0 saturated carbocycles. The second-order valence-corrected chi connectivity index (χ2v) is 7.19. The van der Waals surface area contributed by atoms with Gasteiger partial charge in [-0.15, -0.1) is 0 Å². The number of hydrogen-bond donors (Lipinski definition) is 2. The molecule has 5 nitrogen and oxygen atoms in total. The van der Waals surface area contributed by atoms with Crippen molar-refractivity contribution in [2.45, 2.75) is 40.2 Å². The van der Waals surface area contributed by atoms with E-state index >= 15 is 0 Å². The summed E-state index contributed by atoms with van der Waals surface area (Å²) in [6, 6.07) is 7.95. The summed E-state index contributed by atoms with van der Waals surface area (Å²) in [6.45, 7) is 9.95. The zero-order valence-electron chi connectivity index (χ0n) is 14.5. The summed E-state index contributed by atoms with van der Waals surface area (Å²) in [6.07, 6.45) is 0.359.